The van der Waals surface area contributed by atoms with Crippen molar-refractivity contribution in [2.75, 3.05) is 13.7 Å². The summed E-state index contributed by atoms with van der Waals surface area (Å²) in [7, 11) is -2.61. The number of allylic oxidation sites excluding steroid dienone is 1. The van der Waals surface area contributed by atoms with E-state index in [1.165, 1.54) is 30.3 Å². The van der Waals surface area contributed by atoms with Crippen LogP contribution in [-0.2, 0) is 29.1 Å². The number of alkyl carbamates (subject to hydrolysis) is 1. The number of sulfonamides is 1. The molecular weight excluding hydrogens is 734 g/mol. The van der Waals surface area contributed by atoms with Crippen LogP contribution in [0.4, 0.5) is 9.18 Å². The van der Waals surface area contributed by atoms with Gasteiger partial charge in [0.1, 0.15) is 40.9 Å². The molecule has 1 aromatic heterocycles. The van der Waals surface area contributed by atoms with Gasteiger partial charge >= 0.3 is 6.09 Å². The molecule has 0 spiro atoms. The molecule has 2 aromatic rings. The smallest absolute Gasteiger partial charge is 0.408 e. The normalized spacial score (nSPS) is 30.1. The van der Waals surface area contributed by atoms with Gasteiger partial charge in [-0.3, -0.25) is 19.1 Å². The molecule has 2 aliphatic carbocycles. The molecule has 6 rings (SSSR count). The van der Waals surface area contributed by atoms with Crippen LogP contribution in [0.25, 0.3) is 10.8 Å². The molecule has 55 heavy (non-hydrogen) atoms. The van der Waals surface area contributed by atoms with Gasteiger partial charge in [0, 0.05) is 30.0 Å². The number of ether oxygens (including phenoxy) is 3. The summed E-state index contributed by atoms with van der Waals surface area (Å²) in [6, 6.07) is 1.85. The number of hydrogen-bond donors (Lipinski definition) is 3. The first kappa shape index (κ1) is 40.2. The molecule has 2 saturated carbocycles. The van der Waals surface area contributed by atoms with E-state index >= 15 is 0 Å². The third-order valence-corrected chi connectivity index (χ3v) is 13.3. The lowest BCUT2D eigenvalue weighted by Crippen LogP contribution is -2.59. The molecule has 3 fully saturated rings. The standard InChI is InChI=1S/C39H52FN5O9S/c1-22-10-8-9-11-24-20-39(24,35(48)44-55(50,51)38(6)13-14-38)43-32(46)29-19-26(53-33-28-17-25(40)18-30(52-7)27(28)12-15-41-33)21-45(29)34(47)31(23(2)16-22)42-36(49)54-37(3,4)5/h9,11-12,15,17-18,22-24,26,29,31H,8,10,13-14,16,19-21H2,1-7H3,(H,42,49)(H,43,46)(H,44,48)/b11-9-/t22-,23-,24?,26-,29+,31+,39-/m1/s1. The van der Waals surface area contributed by atoms with Gasteiger partial charge in [-0.2, -0.15) is 0 Å². The molecule has 1 aromatic carbocycles. The van der Waals surface area contributed by atoms with Gasteiger partial charge in [-0.15, -0.1) is 0 Å². The van der Waals surface area contributed by atoms with E-state index in [2.05, 4.69) is 27.3 Å². The molecule has 1 saturated heterocycles. The predicted molar refractivity (Wildman–Crippen MR) is 201 cm³/mol. The summed E-state index contributed by atoms with van der Waals surface area (Å²) in [5, 5.41) is 6.49. The molecule has 3 heterocycles. The lowest BCUT2D eigenvalue weighted by Gasteiger charge is -2.33. The molecule has 3 N–H and O–H groups in total. The number of benzene rings is 1. The maximum atomic E-state index is 14.7. The van der Waals surface area contributed by atoms with Crippen LogP contribution < -0.4 is 24.8 Å². The molecular formula is C39H52FN5O9S. The van der Waals surface area contributed by atoms with E-state index in [0.717, 1.165) is 6.42 Å². The van der Waals surface area contributed by atoms with E-state index in [9.17, 15) is 32.0 Å². The van der Waals surface area contributed by atoms with E-state index in [4.69, 9.17) is 14.2 Å². The Bertz CT molecular complexity index is 2000. The van der Waals surface area contributed by atoms with Crippen molar-refractivity contribution >= 4 is 44.6 Å². The Labute approximate surface area is 321 Å². The van der Waals surface area contributed by atoms with Crippen LogP contribution in [0.1, 0.15) is 86.5 Å². The summed E-state index contributed by atoms with van der Waals surface area (Å²) in [6.45, 7) is 10.5. The van der Waals surface area contributed by atoms with Crippen molar-refractivity contribution < 1.29 is 46.2 Å². The number of rotatable bonds is 7. The number of fused-ring (bicyclic) bond motifs is 3. The highest BCUT2D eigenvalue weighted by atomic mass is 32.2. The zero-order chi connectivity index (χ0) is 40.1. The largest absolute Gasteiger partial charge is 0.496 e. The van der Waals surface area contributed by atoms with Crippen molar-refractivity contribution in [3.63, 3.8) is 0 Å². The quantitative estimate of drug-likeness (QED) is 0.338. The monoisotopic (exact) mass is 785 g/mol. The molecule has 2 aliphatic heterocycles. The average Bonchev–Trinajstić information content (AvgIpc) is 3.97. The first-order valence-corrected chi connectivity index (χ1v) is 20.4. The van der Waals surface area contributed by atoms with Crippen LogP contribution in [0.2, 0.25) is 0 Å². The van der Waals surface area contributed by atoms with Gasteiger partial charge < -0.3 is 29.7 Å². The summed E-state index contributed by atoms with van der Waals surface area (Å²) in [5.41, 5.74) is -2.42. The van der Waals surface area contributed by atoms with Crippen molar-refractivity contribution in [2.24, 2.45) is 17.8 Å². The topological polar surface area (TPSA) is 182 Å². The fourth-order valence-corrected chi connectivity index (χ4v) is 8.96. The number of pyridine rings is 1. The minimum atomic E-state index is -4.03. The lowest BCUT2D eigenvalue weighted by molar-refractivity contribution is -0.142. The number of carbonyl (C=O) groups excluding carboxylic acids is 4. The molecule has 0 radical (unpaired) electrons. The number of aromatic nitrogens is 1. The second-order valence-corrected chi connectivity index (χ2v) is 19.1. The van der Waals surface area contributed by atoms with Crippen molar-refractivity contribution in [1.82, 2.24) is 25.2 Å². The summed E-state index contributed by atoms with van der Waals surface area (Å²) in [5.74, 6) is -3.08. The summed E-state index contributed by atoms with van der Waals surface area (Å²) in [4.78, 5) is 62.0. The molecule has 14 nitrogen and oxygen atoms in total. The maximum Gasteiger partial charge on any atom is 0.408 e. The number of nitrogens with one attached hydrogen (secondary N) is 3. The van der Waals surface area contributed by atoms with E-state index < -0.39 is 79.6 Å². The number of amides is 4. The van der Waals surface area contributed by atoms with E-state index in [-0.39, 0.29) is 42.9 Å². The first-order chi connectivity index (χ1) is 25.8. The van der Waals surface area contributed by atoms with Crippen LogP contribution in [0.15, 0.2) is 36.5 Å². The predicted octanol–water partition coefficient (Wildman–Crippen LogP) is 4.51. The number of hydrogen-bond acceptors (Lipinski definition) is 10. The van der Waals surface area contributed by atoms with E-state index in [1.807, 2.05) is 19.1 Å². The SMILES string of the molecule is COc1cc(F)cc2c(O[C@@H]3C[C@H]4C(=O)N[C@]5(C(=O)NS(=O)(=O)C6(C)CC6)CC5/C=C\CC[C@@H](C)C[C@@H](C)[C@H](NC(=O)OC(C)(C)C)C(=O)N4C3)nccc12. The van der Waals surface area contributed by atoms with Gasteiger partial charge in [-0.25, -0.2) is 22.6 Å². The second kappa shape index (κ2) is 14.9. The highest BCUT2D eigenvalue weighted by Crippen LogP contribution is 2.47. The molecule has 4 amide bonds. The van der Waals surface area contributed by atoms with Gasteiger partial charge in [-0.1, -0.05) is 26.0 Å². The fraction of sp³-hybridized carbons (Fsp3) is 0.615. The third-order valence-electron chi connectivity index (χ3n) is 11.2. The first-order valence-electron chi connectivity index (χ1n) is 18.9. The Morgan fingerprint density at radius 1 is 1.11 bits per heavy atom. The number of halogens is 1. The van der Waals surface area contributed by atoms with Gasteiger partial charge in [0.15, 0.2) is 0 Å². The third kappa shape index (κ3) is 8.53. The van der Waals surface area contributed by atoms with Gasteiger partial charge in [-0.05, 0) is 90.2 Å². The van der Waals surface area contributed by atoms with Crippen molar-refractivity contribution in [3.8, 4) is 11.6 Å². The van der Waals surface area contributed by atoms with Crippen LogP contribution in [0.3, 0.4) is 0 Å². The van der Waals surface area contributed by atoms with E-state index in [1.54, 1.807) is 33.8 Å². The summed E-state index contributed by atoms with van der Waals surface area (Å²) in [6.07, 6.45) is 6.52. The van der Waals surface area contributed by atoms with E-state index in [0.29, 0.717) is 36.5 Å². The Kier molecular flexibility index (Phi) is 10.9. The minimum Gasteiger partial charge on any atom is -0.496 e. The van der Waals surface area contributed by atoms with Gasteiger partial charge in [0.2, 0.25) is 27.7 Å². The molecule has 16 heteroatoms. The van der Waals surface area contributed by atoms with Crippen molar-refractivity contribution in [2.45, 2.75) is 121 Å². The van der Waals surface area contributed by atoms with Gasteiger partial charge in [0.05, 0.1) is 23.8 Å². The summed E-state index contributed by atoms with van der Waals surface area (Å²) >= 11 is 0. The Hall–Kier alpha value is -4.47. The number of nitrogens with zero attached hydrogens (tertiary/aromatic N) is 2. The zero-order valence-electron chi connectivity index (χ0n) is 32.4. The molecule has 7 atom stereocenters. The Morgan fingerprint density at radius 3 is 2.51 bits per heavy atom. The Balaban J connectivity index is 1.36. The Morgan fingerprint density at radius 2 is 1.84 bits per heavy atom. The molecule has 1 unspecified atom stereocenters. The van der Waals surface area contributed by atoms with Crippen LogP contribution in [-0.4, -0.2) is 89.8 Å². The second-order valence-electron chi connectivity index (χ2n) is 16.9. The van der Waals surface area contributed by atoms with Crippen molar-refractivity contribution in [3.05, 3.63) is 42.4 Å². The molecule has 4 aliphatic rings. The maximum absolute atomic E-state index is 14.7. The van der Waals surface area contributed by atoms with Crippen LogP contribution >= 0.6 is 0 Å². The number of methoxy groups -OCH3 is 1. The van der Waals surface area contributed by atoms with Crippen molar-refractivity contribution in [1.29, 1.82) is 0 Å². The highest BCUT2D eigenvalue weighted by Gasteiger charge is 2.63. The zero-order valence-corrected chi connectivity index (χ0v) is 33.3. The minimum absolute atomic E-state index is 0.0550. The van der Waals surface area contributed by atoms with Gasteiger partial charge in [0.25, 0.3) is 5.91 Å². The number of carbonyl (C=O) groups is 4. The average molecular weight is 786 g/mol. The fourth-order valence-electron chi connectivity index (χ4n) is 7.64. The van der Waals surface area contributed by atoms with Crippen LogP contribution in [0.5, 0.6) is 11.6 Å². The highest BCUT2D eigenvalue weighted by molar-refractivity contribution is 7.91. The summed E-state index contributed by atoms with van der Waals surface area (Å²) < 4.78 is 59.5. The molecule has 0 bridgehead atoms. The lowest BCUT2D eigenvalue weighted by atomic mass is 9.88. The molecule has 300 valence electrons. The van der Waals surface area contributed by atoms with Crippen LogP contribution in [0, 0.1) is 23.6 Å².